The van der Waals surface area contributed by atoms with Gasteiger partial charge in [0.25, 0.3) is 5.69 Å². The highest BCUT2D eigenvalue weighted by atomic mass is 16.6. The lowest BCUT2D eigenvalue weighted by Gasteiger charge is -2.13. The molecule has 1 heterocycles. The Morgan fingerprint density at radius 2 is 2.29 bits per heavy atom. The summed E-state index contributed by atoms with van der Waals surface area (Å²) in [5.74, 6) is 0. The van der Waals surface area contributed by atoms with Gasteiger partial charge in [-0.15, -0.1) is 0 Å². The van der Waals surface area contributed by atoms with Crippen molar-refractivity contribution in [3.63, 3.8) is 0 Å². The quantitative estimate of drug-likeness (QED) is 0.535. The van der Waals surface area contributed by atoms with E-state index in [1.165, 1.54) is 18.1 Å². The van der Waals surface area contributed by atoms with Gasteiger partial charge >= 0.3 is 0 Å². The predicted octanol–water partition coefficient (Wildman–Crippen LogP) is 2.77. The Morgan fingerprint density at radius 3 is 3.05 bits per heavy atom. The molecule has 2 aromatic rings. The van der Waals surface area contributed by atoms with Crippen LogP contribution in [0, 0.1) is 10.1 Å². The number of fused-ring (bicyclic) bond motifs is 1. The first-order valence-corrected chi connectivity index (χ1v) is 7.19. The highest BCUT2D eigenvalue weighted by molar-refractivity contribution is 5.44. The molecule has 0 saturated carbocycles. The minimum atomic E-state index is -0.373. The molecule has 1 N–H and O–H groups in total. The van der Waals surface area contributed by atoms with Gasteiger partial charge in [0, 0.05) is 29.4 Å². The van der Waals surface area contributed by atoms with Crippen LogP contribution in [0.3, 0.4) is 0 Å². The molecule has 0 fully saturated rings. The molecule has 1 aliphatic carbocycles. The smallest absolute Gasteiger partial charge is 0.271 e. The molecule has 6 heteroatoms. The van der Waals surface area contributed by atoms with Crippen LogP contribution in [0.5, 0.6) is 0 Å². The minimum absolute atomic E-state index is 0.0931. The third kappa shape index (κ3) is 2.54. The summed E-state index contributed by atoms with van der Waals surface area (Å²) in [4.78, 5) is 10.6. The molecule has 6 nitrogen and oxygen atoms in total. The first-order chi connectivity index (χ1) is 10.2. The molecule has 21 heavy (non-hydrogen) atoms. The van der Waals surface area contributed by atoms with Crippen molar-refractivity contribution in [2.75, 3.05) is 7.05 Å². The summed E-state index contributed by atoms with van der Waals surface area (Å²) in [6.45, 7) is 0. The number of hydrogen-bond donors (Lipinski definition) is 1. The summed E-state index contributed by atoms with van der Waals surface area (Å²) in [5, 5.41) is 18.7. The fourth-order valence-electron chi connectivity index (χ4n) is 2.98. The standard InChI is InChI=1S/C15H18N4O2/c1-16-14-7-2-3-8-15-13(14)10-17-18(15)11-5-4-6-12(9-11)19(20)21/h4-6,9-10,14,16H,2-3,7-8H2,1H3. The number of rotatable bonds is 3. The number of benzene rings is 1. The second kappa shape index (κ2) is 5.65. The van der Waals surface area contributed by atoms with E-state index in [1.54, 1.807) is 12.1 Å². The molecule has 1 unspecified atom stereocenters. The molecular weight excluding hydrogens is 268 g/mol. The Bertz CT molecular complexity index is 665. The zero-order valence-corrected chi connectivity index (χ0v) is 12.0. The molecule has 0 bridgehead atoms. The van der Waals surface area contributed by atoms with Crippen molar-refractivity contribution in [2.24, 2.45) is 0 Å². The van der Waals surface area contributed by atoms with Gasteiger partial charge in [0.05, 0.1) is 16.8 Å². The predicted molar refractivity (Wildman–Crippen MR) is 79.6 cm³/mol. The van der Waals surface area contributed by atoms with Crippen molar-refractivity contribution >= 4 is 5.69 Å². The Kier molecular flexibility index (Phi) is 3.70. The number of nitro groups is 1. The van der Waals surface area contributed by atoms with Gasteiger partial charge in [-0.2, -0.15) is 5.10 Å². The summed E-state index contributed by atoms with van der Waals surface area (Å²) in [5.41, 5.74) is 3.21. The molecule has 1 aliphatic rings. The molecule has 0 aliphatic heterocycles. The van der Waals surface area contributed by atoms with Crippen LogP contribution in [0.4, 0.5) is 5.69 Å². The van der Waals surface area contributed by atoms with Crippen molar-refractivity contribution in [1.29, 1.82) is 0 Å². The molecule has 0 radical (unpaired) electrons. The number of nitrogens with one attached hydrogen (secondary N) is 1. The van der Waals surface area contributed by atoms with Crippen molar-refractivity contribution in [2.45, 2.75) is 31.7 Å². The van der Waals surface area contributed by atoms with Gasteiger partial charge < -0.3 is 5.32 Å². The van der Waals surface area contributed by atoms with Crippen LogP contribution < -0.4 is 5.32 Å². The number of nitrogens with zero attached hydrogens (tertiary/aromatic N) is 3. The van der Waals surface area contributed by atoms with Crippen LogP contribution in [-0.4, -0.2) is 21.8 Å². The maximum absolute atomic E-state index is 10.9. The lowest BCUT2D eigenvalue weighted by atomic mass is 10.1. The largest absolute Gasteiger partial charge is 0.313 e. The normalized spacial score (nSPS) is 18.0. The number of non-ortho nitro benzene ring substituents is 1. The van der Waals surface area contributed by atoms with Crippen LogP contribution in [0.2, 0.25) is 0 Å². The van der Waals surface area contributed by atoms with Crippen molar-refractivity contribution in [3.8, 4) is 5.69 Å². The van der Waals surface area contributed by atoms with Crippen molar-refractivity contribution in [1.82, 2.24) is 15.1 Å². The molecule has 1 atom stereocenters. The van der Waals surface area contributed by atoms with E-state index in [0.717, 1.165) is 30.6 Å². The molecule has 1 aromatic heterocycles. The monoisotopic (exact) mass is 286 g/mol. The van der Waals surface area contributed by atoms with E-state index >= 15 is 0 Å². The van der Waals surface area contributed by atoms with Crippen LogP contribution in [-0.2, 0) is 6.42 Å². The first-order valence-electron chi connectivity index (χ1n) is 7.19. The van der Waals surface area contributed by atoms with Gasteiger partial charge in [-0.1, -0.05) is 12.5 Å². The number of nitro benzene ring substituents is 1. The summed E-state index contributed by atoms with van der Waals surface area (Å²) in [6.07, 6.45) is 6.24. The Balaban J connectivity index is 2.06. The van der Waals surface area contributed by atoms with E-state index < -0.39 is 0 Å². The van der Waals surface area contributed by atoms with Crippen LogP contribution in [0.15, 0.2) is 30.5 Å². The Hall–Kier alpha value is -2.21. The van der Waals surface area contributed by atoms with Gasteiger partial charge in [-0.3, -0.25) is 10.1 Å². The number of aromatic nitrogens is 2. The third-order valence-electron chi connectivity index (χ3n) is 4.07. The van der Waals surface area contributed by atoms with Crippen molar-refractivity contribution < 1.29 is 4.92 Å². The topological polar surface area (TPSA) is 73.0 Å². The molecule has 0 amide bonds. The molecule has 3 rings (SSSR count). The average Bonchev–Trinajstić information content (AvgIpc) is 2.81. The van der Waals surface area contributed by atoms with Gasteiger partial charge in [0.2, 0.25) is 0 Å². The van der Waals surface area contributed by atoms with Gasteiger partial charge in [0.15, 0.2) is 0 Å². The molecule has 1 aromatic carbocycles. The molecule has 0 spiro atoms. The Labute approximate surface area is 122 Å². The van der Waals surface area contributed by atoms with E-state index in [1.807, 2.05) is 24.0 Å². The van der Waals surface area contributed by atoms with E-state index in [9.17, 15) is 10.1 Å². The average molecular weight is 286 g/mol. The van der Waals surface area contributed by atoms with Gasteiger partial charge in [-0.05, 0) is 32.4 Å². The fourth-order valence-corrected chi connectivity index (χ4v) is 2.98. The SMILES string of the molecule is CNC1CCCCc2c1cnn2-c1cccc([N+](=O)[O-])c1. The van der Waals surface area contributed by atoms with E-state index in [2.05, 4.69) is 10.4 Å². The summed E-state index contributed by atoms with van der Waals surface area (Å²) in [6, 6.07) is 6.96. The summed E-state index contributed by atoms with van der Waals surface area (Å²) >= 11 is 0. The maximum Gasteiger partial charge on any atom is 0.271 e. The number of hydrogen-bond acceptors (Lipinski definition) is 4. The highest BCUT2D eigenvalue weighted by Crippen LogP contribution is 2.30. The maximum atomic E-state index is 10.9. The molecular formula is C15H18N4O2. The second-order valence-corrected chi connectivity index (χ2v) is 5.32. The second-order valence-electron chi connectivity index (χ2n) is 5.32. The lowest BCUT2D eigenvalue weighted by molar-refractivity contribution is -0.384. The van der Waals surface area contributed by atoms with E-state index in [0.29, 0.717) is 6.04 Å². The fraction of sp³-hybridized carbons (Fsp3) is 0.400. The first kappa shape index (κ1) is 13.8. The Morgan fingerprint density at radius 1 is 1.43 bits per heavy atom. The lowest BCUT2D eigenvalue weighted by Crippen LogP contribution is -2.16. The van der Waals surface area contributed by atoms with Gasteiger partial charge in [0.1, 0.15) is 0 Å². The van der Waals surface area contributed by atoms with Crippen LogP contribution in [0.1, 0.15) is 36.6 Å². The van der Waals surface area contributed by atoms with Gasteiger partial charge in [-0.25, -0.2) is 4.68 Å². The summed E-state index contributed by atoms with van der Waals surface area (Å²) < 4.78 is 1.85. The van der Waals surface area contributed by atoms with E-state index in [4.69, 9.17) is 0 Å². The van der Waals surface area contributed by atoms with Crippen LogP contribution in [0.25, 0.3) is 5.69 Å². The third-order valence-corrected chi connectivity index (χ3v) is 4.07. The van der Waals surface area contributed by atoms with Crippen LogP contribution >= 0.6 is 0 Å². The zero-order valence-electron chi connectivity index (χ0n) is 12.0. The minimum Gasteiger partial charge on any atom is -0.313 e. The molecule has 110 valence electrons. The highest BCUT2D eigenvalue weighted by Gasteiger charge is 2.22. The molecule has 0 saturated heterocycles. The zero-order chi connectivity index (χ0) is 14.8. The summed E-state index contributed by atoms with van der Waals surface area (Å²) in [7, 11) is 1.96. The van der Waals surface area contributed by atoms with E-state index in [-0.39, 0.29) is 10.6 Å². The van der Waals surface area contributed by atoms with Crippen molar-refractivity contribution in [3.05, 3.63) is 51.8 Å².